The number of amides is 4. The van der Waals surface area contributed by atoms with E-state index in [4.69, 9.17) is 16.2 Å². The van der Waals surface area contributed by atoms with Crippen molar-refractivity contribution in [2.24, 2.45) is 16.5 Å². The molecule has 1 aromatic carbocycles. The molecule has 0 fully saturated rings. The van der Waals surface area contributed by atoms with Gasteiger partial charge in [-0.05, 0) is 37.3 Å². The number of aliphatic imine (C=N–C) groups is 1. The summed E-state index contributed by atoms with van der Waals surface area (Å²) in [5.74, 6) is -5.41. The van der Waals surface area contributed by atoms with Crippen LogP contribution in [-0.4, -0.2) is 92.5 Å². The molecule has 0 bridgehead atoms. The predicted molar refractivity (Wildman–Crippen MR) is 144 cm³/mol. The summed E-state index contributed by atoms with van der Waals surface area (Å²) in [6, 6.07) is 5.36. The summed E-state index contributed by atoms with van der Waals surface area (Å²) < 4.78 is 16.6. The summed E-state index contributed by atoms with van der Waals surface area (Å²) in [5.41, 5.74) is 11.2. The van der Waals surface area contributed by atoms with E-state index in [2.05, 4.69) is 10.3 Å². The number of ether oxygens (including phenoxy) is 1. The molecule has 3 atom stereocenters. The zero-order chi connectivity index (χ0) is 31.3. The van der Waals surface area contributed by atoms with Crippen molar-refractivity contribution in [2.45, 2.75) is 51.2 Å². The second-order valence-electron chi connectivity index (χ2n) is 8.84. The average Bonchev–Trinajstić information content (AvgIpc) is 2.87. The number of hydrogen-bond donors (Lipinski definition) is 6. The van der Waals surface area contributed by atoms with E-state index >= 15 is 0 Å². The zero-order valence-electron chi connectivity index (χ0n) is 22.7. The minimum atomic E-state index is -4.81. The van der Waals surface area contributed by atoms with Gasteiger partial charge in [0.2, 0.25) is 11.8 Å². The average molecular weight is 603 g/mol. The summed E-state index contributed by atoms with van der Waals surface area (Å²) >= 11 is 0. The van der Waals surface area contributed by atoms with Gasteiger partial charge in [0.1, 0.15) is 25.0 Å². The standard InChI is InChI=1S/C22H35N8O10P/c1-14(26-18(31)12-28(3)22(34)40-13-16-8-5-4-6-9-16)20(33)29(30(35)36)17(10-7-11-25-21(23)24)19(32)27-15(2)41(37,38)39/h4-6,8-9,14-15,17H,7,10-13H2,1-3H3,(H,26,31)(H,27,32)(H4,23,24,25)(H2,37,38,39)/t14-,15+,17-/m0/s1. The lowest BCUT2D eigenvalue weighted by Gasteiger charge is -2.26. The first-order valence-corrected chi connectivity index (χ1v) is 13.8. The lowest BCUT2D eigenvalue weighted by atomic mass is 10.1. The molecule has 0 aliphatic heterocycles. The Balaban J connectivity index is 2.95. The Labute approximate surface area is 235 Å². The number of hydrazine groups is 1. The highest BCUT2D eigenvalue weighted by Gasteiger charge is 2.42. The van der Waals surface area contributed by atoms with E-state index in [-0.39, 0.29) is 37.0 Å². The minimum absolute atomic E-state index is 0.0332. The second kappa shape index (κ2) is 16.1. The lowest BCUT2D eigenvalue weighted by Crippen LogP contribution is -2.58. The molecule has 19 heteroatoms. The maximum atomic E-state index is 13.0. The van der Waals surface area contributed by atoms with E-state index < -0.39 is 60.9 Å². The fraction of sp³-hybridized carbons (Fsp3) is 0.500. The van der Waals surface area contributed by atoms with Crippen LogP contribution in [0.4, 0.5) is 4.79 Å². The minimum Gasteiger partial charge on any atom is -0.445 e. The monoisotopic (exact) mass is 602 g/mol. The van der Waals surface area contributed by atoms with Crippen LogP contribution in [0.2, 0.25) is 0 Å². The first-order chi connectivity index (χ1) is 19.0. The summed E-state index contributed by atoms with van der Waals surface area (Å²) in [7, 11) is -3.55. The van der Waals surface area contributed by atoms with Gasteiger partial charge >= 0.3 is 19.6 Å². The smallest absolute Gasteiger partial charge is 0.410 e. The van der Waals surface area contributed by atoms with E-state index in [9.17, 15) is 43.6 Å². The molecule has 1 rings (SSSR count). The molecule has 0 radical (unpaired) electrons. The number of rotatable bonds is 15. The van der Waals surface area contributed by atoms with Crippen LogP contribution in [0.25, 0.3) is 0 Å². The number of likely N-dealkylation sites (N-methyl/N-ethyl adjacent to an activating group) is 1. The molecule has 4 amide bonds. The Bertz CT molecular complexity index is 1160. The number of hydrogen-bond acceptors (Lipinski definition) is 9. The number of benzene rings is 1. The summed E-state index contributed by atoms with van der Waals surface area (Å²) in [4.78, 5) is 85.6. The molecule has 0 aliphatic carbocycles. The van der Waals surface area contributed by atoms with Gasteiger partial charge in [0.15, 0.2) is 17.0 Å². The van der Waals surface area contributed by atoms with Crippen molar-refractivity contribution >= 4 is 37.4 Å². The maximum Gasteiger partial charge on any atom is 0.410 e. The van der Waals surface area contributed by atoms with Gasteiger partial charge in [-0.2, -0.15) is 0 Å². The molecule has 8 N–H and O–H groups in total. The molecule has 1 aromatic rings. The third kappa shape index (κ3) is 12.2. The molecule has 0 saturated carbocycles. The Morgan fingerprint density at radius 1 is 1.15 bits per heavy atom. The number of nitrogens with zero attached hydrogens (tertiary/aromatic N) is 4. The number of guanidine groups is 1. The Morgan fingerprint density at radius 3 is 2.29 bits per heavy atom. The molecule has 0 aliphatic rings. The van der Waals surface area contributed by atoms with Crippen LogP contribution < -0.4 is 22.1 Å². The van der Waals surface area contributed by atoms with Crippen LogP contribution in [0.15, 0.2) is 35.3 Å². The molecular weight excluding hydrogens is 567 g/mol. The van der Waals surface area contributed by atoms with Crippen molar-refractivity contribution in [1.82, 2.24) is 20.5 Å². The molecule has 18 nitrogen and oxygen atoms in total. The SMILES string of the molecule is C[C@H](NC(=O)CN(C)C(=O)OCc1ccccc1)C(=O)N([C@@H](CCCN=C(N)N)C(=O)N[C@@H](C)P(=O)(O)O)[N+](=O)[O-]. The third-order valence-corrected chi connectivity index (χ3v) is 6.57. The van der Waals surface area contributed by atoms with Crippen LogP contribution in [-0.2, 0) is 30.3 Å². The predicted octanol–water partition coefficient (Wildman–Crippen LogP) is -1.16. The van der Waals surface area contributed by atoms with Crippen LogP contribution in [0.1, 0.15) is 32.3 Å². The zero-order valence-corrected chi connectivity index (χ0v) is 23.6. The first kappa shape index (κ1) is 34.7. The first-order valence-electron chi connectivity index (χ1n) is 12.1. The van der Waals surface area contributed by atoms with E-state index in [1.807, 2.05) is 5.32 Å². The molecular formula is C22H35N8O10P. The highest BCUT2D eigenvalue weighted by molar-refractivity contribution is 7.52. The topological polar surface area (TPSA) is 273 Å². The van der Waals surface area contributed by atoms with Crippen molar-refractivity contribution in [3.8, 4) is 0 Å². The van der Waals surface area contributed by atoms with Crippen molar-refractivity contribution in [2.75, 3.05) is 20.1 Å². The molecule has 0 heterocycles. The van der Waals surface area contributed by atoms with E-state index in [0.29, 0.717) is 5.56 Å². The highest BCUT2D eigenvalue weighted by atomic mass is 31.2. The molecule has 0 unspecified atom stereocenters. The Kier molecular flexibility index (Phi) is 13.6. The summed E-state index contributed by atoms with van der Waals surface area (Å²) in [6.07, 6.45) is -1.25. The molecule has 0 spiro atoms. The summed E-state index contributed by atoms with van der Waals surface area (Å²) in [5, 5.41) is 14.9. The van der Waals surface area contributed by atoms with Gasteiger partial charge < -0.3 is 41.5 Å². The number of carbonyl (C=O) groups excluding carboxylic acids is 4. The molecule has 0 aromatic heterocycles. The van der Waals surface area contributed by atoms with Crippen LogP contribution >= 0.6 is 7.60 Å². The van der Waals surface area contributed by atoms with E-state index in [1.165, 1.54) is 7.05 Å². The lowest BCUT2D eigenvalue weighted by molar-refractivity contribution is -0.640. The van der Waals surface area contributed by atoms with Gasteiger partial charge in [-0.3, -0.25) is 23.9 Å². The van der Waals surface area contributed by atoms with Crippen LogP contribution in [0.3, 0.4) is 0 Å². The quantitative estimate of drug-likeness (QED) is 0.0346. The van der Waals surface area contributed by atoms with Gasteiger partial charge in [-0.1, -0.05) is 30.3 Å². The Hall–Kier alpha value is -4.28. The fourth-order valence-electron chi connectivity index (χ4n) is 3.25. The molecule has 228 valence electrons. The number of nitrogens with one attached hydrogen (secondary N) is 2. The highest BCUT2D eigenvalue weighted by Crippen LogP contribution is 2.39. The third-order valence-electron chi connectivity index (χ3n) is 5.43. The van der Waals surface area contributed by atoms with Gasteiger partial charge in [-0.25, -0.2) is 14.9 Å². The van der Waals surface area contributed by atoms with E-state index in [0.717, 1.165) is 18.7 Å². The van der Waals surface area contributed by atoms with Gasteiger partial charge in [0, 0.05) is 13.6 Å². The fourth-order valence-corrected chi connectivity index (χ4v) is 3.54. The number of carbonyl (C=O) groups is 4. The summed E-state index contributed by atoms with van der Waals surface area (Å²) in [6.45, 7) is 1.42. The Morgan fingerprint density at radius 2 is 1.76 bits per heavy atom. The van der Waals surface area contributed by atoms with Gasteiger partial charge in [0.05, 0.1) is 0 Å². The normalized spacial score (nSPS) is 13.1. The van der Waals surface area contributed by atoms with Gasteiger partial charge in [-0.15, -0.1) is 0 Å². The maximum absolute atomic E-state index is 13.0. The number of nitrogens with two attached hydrogens (primary N) is 2. The van der Waals surface area contributed by atoms with Crippen LogP contribution in [0.5, 0.6) is 0 Å². The van der Waals surface area contributed by atoms with Crippen molar-refractivity contribution in [3.63, 3.8) is 0 Å². The molecule has 0 saturated heterocycles. The number of nitro groups is 1. The van der Waals surface area contributed by atoms with E-state index in [1.54, 1.807) is 30.3 Å². The van der Waals surface area contributed by atoms with Crippen molar-refractivity contribution in [1.29, 1.82) is 0 Å². The van der Waals surface area contributed by atoms with Gasteiger partial charge in [0.25, 0.3) is 0 Å². The molecule has 41 heavy (non-hydrogen) atoms. The van der Waals surface area contributed by atoms with Crippen LogP contribution in [0, 0.1) is 10.1 Å². The van der Waals surface area contributed by atoms with Crippen molar-refractivity contribution in [3.05, 3.63) is 46.0 Å². The second-order valence-corrected chi connectivity index (χ2v) is 10.8. The van der Waals surface area contributed by atoms with Crippen molar-refractivity contribution < 1.29 is 43.3 Å². The largest absolute Gasteiger partial charge is 0.445 e.